The third-order valence-electron chi connectivity index (χ3n) is 3.02. The average Bonchev–Trinajstić information content (AvgIpc) is 2.82. The van der Waals surface area contributed by atoms with Crippen LogP contribution in [-0.2, 0) is 11.8 Å². The molecule has 0 fully saturated rings. The number of primary amides is 1. The van der Waals surface area contributed by atoms with E-state index in [1.807, 2.05) is 33.0 Å². The van der Waals surface area contributed by atoms with Gasteiger partial charge in [0, 0.05) is 12.1 Å². The molecule has 1 amide bonds. The van der Waals surface area contributed by atoms with Gasteiger partial charge < -0.3 is 15.0 Å². The van der Waals surface area contributed by atoms with Gasteiger partial charge in [0.15, 0.2) is 17.1 Å². The Morgan fingerprint density at radius 1 is 1.50 bits per heavy atom. The highest BCUT2D eigenvalue weighted by Gasteiger charge is 2.17. The van der Waals surface area contributed by atoms with Crippen LogP contribution in [-0.4, -0.2) is 26.4 Å². The molecule has 0 bridgehead atoms. The van der Waals surface area contributed by atoms with Crippen LogP contribution in [0.4, 0.5) is 0 Å². The van der Waals surface area contributed by atoms with Crippen LogP contribution in [0.5, 0.6) is 5.75 Å². The van der Waals surface area contributed by atoms with Crippen molar-refractivity contribution in [1.29, 1.82) is 0 Å². The molecule has 0 radical (unpaired) electrons. The minimum absolute atomic E-state index is 0.164. The minimum atomic E-state index is -0.393. The van der Waals surface area contributed by atoms with Crippen LogP contribution < -0.4 is 10.5 Å². The zero-order valence-corrected chi connectivity index (χ0v) is 14.1. The predicted molar refractivity (Wildman–Crippen MR) is 86.2 cm³/mol. The Kier molecular flexibility index (Phi) is 5.31. The molecule has 1 heterocycles. The number of rotatable bonds is 6. The highest BCUT2D eigenvalue weighted by atomic mass is 35.5. The van der Waals surface area contributed by atoms with Crippen LogP contribution in [0.15, 0.2) is 23.4 Å². The Balaban J connectivity index is 2.10. The van der Waals surface area contributed by atoms with E-state index < -0.39 is 5.91 Å². The summed E-state index contributed by atoms with van der Waals surface area (Å²) in [4.78, 5) is 10.8. The van der Waals surface area contributed by atoms with Crippen molar-refractivity contribution in [3.63, 3.8) is 0 Å². The molecule has 0 saturated heterocycles. The molecule has 1 atom stereocenters. The summed E-state index contributed by atoms with van der Waals surface area (Å²) in [5.41, 5.74) is 6.08. The summed E-state index contributed by atoms with van der Waals surface area (Å²) in [5, 5.41) is 9.49. The summed E-state index contributed by atoms with van der Waals surface area (Å²) in [6, 6.07) is 5.48. The monoisotopic (exact) mass is 340 g/mol. The molecule has 1 aromatic carbocycles. The lowest BCUT2D eigenvalue weighted by Gasteiger charge is -2.15. The van der Waals surface area contributed by atoms with Crippen molar-refractivity contribution in [2.24, 2.45) is 12.8 Å². The molecule has 118 valence electrons. The maximum atomic E-state index is 10.8. The average molecular weight is 341 g/mol. The lowest BCUT2D eigenvalue weighted by molar-refractivity contribution is -0.115. The second-order valence-corrected chi connectivity index (χ2v) is 6.18. The van der Waals surface area contributed by atoms with Crippen molar-refractivity contribution < 1.29 is 9.53 Å². The van der Waals surface area contributed by atoms with Crippen LogP contribution in [0.25, 0.3) is 0 Å². The van der Waals surface area contributed by atoms with Gasteiger partial charge in [-0.3, -0.25) is 4.79 Å². The first-order valence-corrected chi connectivity index (χ1v) is 7.98. The first-order valence-electron chi connectivity index (χ1n) is 6.61. The molecule has 22 heavy (non-hydrogen) atoms. The number of hydrogen-bond donors (Lipinski definition) is 1. The van der Waals surface area contributed by atoms with Gasteiger partial charge in [0.25, 0.3) is 0 Å². The first kappa shape index (κ1) is 16.6. The maximum absolute atomic E-state index is 10.8. The molecule has 0 aliphatic rings. The van der Waals surface area contributed by atoms with Gasteiger partial charge in [0.2, 0.25) is 5.91 Å². The summed E-state index contributed by atoms with van der Waals surface area (Å²) in [6.45, 7) is 3.80. The Bertz CT molecular complexity index is 689. The summed E-state index contributed by atoms with van der Waals surface area (Å²) in [5.74, 6) is 1.15. The van der Waals surface area contributed by atoms with Gasteiger partial charge in [-0.2, -0.15) is 0 Å². The van der Waals surface area contributed by atoms with Crippen LogP contribution in [0, 0.1) is 6.92 Å². The quantitative estimate of drug-likeness (QED) is 0.817. The number of ether oxygens (including phenoxy) is 1. The molecule has 2 aromatic rings. The van der Waals surface area contributed by atoms with Crippen molar-refractivity contribution in [3.05, 3.63) is 34.6 Å². The SMILES string of the molecule is Cc1cc(O[C@H](C)c2nnc(SCC(N)=O)n2C)ccc1Cl. The Morgan fingerprint density at radius 3 is 2.86 bits per heavy atom. The number of carbonyl (C=O) groups excluding carboxylic acids is 1. The molecule has 0 unspecified atom stereocenters. The summed E-state index contributed by atoms with van der Waals surface area (Å²) < 4.78 is 7.67. The zero-order chi connectivity index (χ0) is 16.3. The van der Waals surface area contributed by atoms with E-state index in [1.54, 1.807) is 10.6 Å². The lowest BCUT2D eigenvalue weighted by atomic mass is 10.2. The van der Waals surface area contributed by atoms with Gasteiger partial charge in [0.05, 0.1) is 5.75 Å². The Labute approximate surface area is 138 Å². The van der Waals surface area contributed by atoms with E-state index in [1.165, 1.54) is 11.8 Å². The highest BCUT2D eigenvalue weighted by Crippen LogP contribution is 2.26. The molecule has 0 saturated carbocycles. The number of nitrogens with zero attached hydrogens (tertiary/aromatic N) is 3. The van der Waals surface area contributed by atoms with Crippen LogP contribution in [0.3, 0.4) is 0 Å². The van der Waals surface area contributed by atoms with Crippen LogP contribution >= 0.6 is 23.4 Å². The number of thioether (sulfide) groups is 1. The molecule has 0 aliphatic heterocycles. The summed E-state index contributed by atoms with van der Waals surface area (Å²) in [6.07, 6.45) is -0.291. The highest BCUT2D eigenvalue weighted by molar-refractivity contribution is 7.99. The number of aromatic nitrogens is 3. The third-order valence-corrected chi connectivity index (χ3v) is 4.48. The molecule has 2 N–H and O–H groups in total. The second kappa shape index (κ2) is 7.02. The van der Waals surface area contributed by atoms with E-state index >= 15 is 0 Å². The Morgan fingerprint density at radius 2 is 2.23 bits per heavy atom. The van der Waals surface area contributed by atoms with Crippen molar-refractivity contribution in [1.82, 2.24) is 14.8 Å². The summed E-state index contributed by atoms with van der Waals surface area (Å²) in [7, 11) is 1.83. The lowest BCUT2D eigenvalue weighted by Crippen LogP contribution is -2.14. The van der Waals surface area contributed by atoms with E-state index in [4.69, 9.17) is 22.1 Å². The van der Waals surface area contributed by atoms with Gasteiger partial charge in [-0.25, -0.2) is 0 Å². The van der Waals surface area contributed by atoms with Crippen LogP contribution in [0.2, 0.25) is 5.02 Å². The third kappa shape index (κ3) is 3.92. The largest absolute Gasteiger partial charge is 0.483 e. The second-order valence-electron chi connectivity index (χ2n) is 4.83. The predicted octanol–water partition coefficient (Wildman–Crippen LogP) is 2.49. The van der Waals surface area contributed by atoms with Crippen molar-refractivity contribution in [2.45, 2.75) is 25.1 Å². The fourth-order valence-corrected chi connectivity index (χ4v) is 2.66. The molecule has 2 rings (SSSR count). The van der Waals surface area contributed by atoms with Crippen molar-refractivity contribution >= 4 is 29.3 Å². The maximum Gasteiger partial charge on any atom is 0.227 e. The minimum Gasteiger partial charge on any atom is -0.483 e. The van der Waals surface area contributed by atoms with Gasteiger partial charge in [-0.1, -0.05) is 23.4 Å². The standard InChI is InChI=1S/C14H17ClN4O2S/c1-8-6-10(4-5-11(8)15)21-9(2)13-17-18-14(19(13)3)22-7-12(16)20/h4-6,9H,7H2,1-3H3,(H2,16,20)/t9-/m1/s1. The topological polar surface area (TPSA) is 83.0 Å². The van der Waals surface area contributed by atoms with Crippen molar-refractivity contribution in [2.75, 3.05) is 5.75 Å². The summed E-state index contributed by atoms with van der Waals surface area (Å²) >= 11 is 7.25. The van der Waals surface area contributed by atoms with Gasteiger partial charge in [-0.15, -0.1) is 10.2 Å². The fourth-order valence-electron chi connectivity index (χ4n) is 1.89. The zero-order valence-electron chi connectivity index (χ0n) is 12.5. The molecule has 0 spiro atoms. The smallest absolute Gasteiger partial charge is 0.227 e. The normalized spacial score (nSPS) is 12.2. The number of carbonyl (C=O) groups is 1. The first-order chi connectivity index (χ1) is 10.4. The number of benzene rings is 1. The van der Waals surface area contributed by atoms with Gasteiger partial charge in [-0.05, 0) is 37.6 Å². The molecule has 6 nitrogen and oxygen atoms in total. The molecule has 1 aromatic heterocycles. The van der Waals surface area contributed by atoms with Crippen molar-refractivity contribution in [3.8, 4) is 5.75 Å². The fraction of sp³-hybridized carbons (Fsp3) is 0.357. The van der Waals surface area contributed by atoms with E-state index in [0.29, 0.717) is 21.8 Å². The molecule has 0 aliphatic carbocycles. The number of amides is 1. The molecular weight excluding hydrogens is 324 g/mol. The molecule has 8 heteroatoms. The van der Waals surface area contributed by atoms with Gasteiger partial charge in [0.1, 0.15) is 5.75 Å². The number of nitrogens with two attached hydrogens (primary N) is 1. The van der Waals surface area contributed by atoms with Crippen LogP contribution in [0.1, 0.15) is 24.4 Å². The van der Waals surface area contributed by atoms with E-state index in [0.717, 1.165) is 5.56 Å². The molecular formula is C14H17ClN4O2S. The van der Waals surface area contributed by atoms with E-state index in [-0.39, 0.29) is 11.9 Å². The number of halogens is 1. The van der Waals surface area contributed by atoms with E-state index in [2.05, 4.69) is 10.2 Å². The van der Waals surface area contributed by atoms with E-state index in [9.17, 15) is 4.79 Å². The van der Waals surface area contributed by atoms with Gasteiger partial charge >= 0.3 is 0 Å². The number of hydrogen-bond acceptors (Lipinski definition) is 5. The number of aryl methyl sites for hydroxylation is 1. The Hall–Kier alpha value is -1.73.